The third-order valence-corrected chi connectivity index (χ3v) is 2.34. The van der Waals surface area contributed by atoms with Crippen LogP contribution in [-0.2, 0) is 0 Å². The van der Waals surface area contributed by atoms with Gasteiger partial charge in [0.05, 0.1) is 19.8 Å². The van der Waals surface area contributed by atoms with Crippen molar-refractivity contribution in [2.24, 2.45) is 0 Å². The molecule has 82 valence electrons. The molecule has 0 aliphatic carbocycles. The maximum absolute atomic E-state index is 11.0. The fourth-order valence-corrected chi connectivity index (χ4v) is 1.51. The lowest BCUT2D eigenvalue weighted by molar-refractivity contribution is 0.111. The van der Waals surface area contributed by atoms with E-state index in [1.807, 2.05) is 19.9 Å². The van der Waals surface area contributed by atoms with E-state index in [0.29, 0.717) is 17.1 Å². The van der Waals surface area contributed by atoms with Gasteiger partial charge in [0, 0.05) is 6.07 Å². The Kier molecular flexibility index (Phi) is 3.72. The van der Waals surface area contributed by atoms with Crippen molar-refractivity contribution in [2.75, 3.05) is 14.2 Å². The molecule has 1 rings (SSSR count). The molecular weight excluding hydrogens is 192 g/mol. The summed E-state index contributed by atoms with van der Waals surface area (Å²) in [5, 5.41) is 0. The quantitative estimate of drug-likeness (QED) is 0.713. The highest BCUT2D eigenvalue weighted by atomic mass is 16.5. The van der Waals surface area contributed by atoms with Crippen molar-refractivity contribution in [3.8, 4) is 11.5 Å². The van der Waals surface area contributed by atoms with E-state index in [0.717, 1.165) is 11.8 Å². The molecule has 0 radical (unpaired) electrons. The van der Waals surface area contributed by atoms with Gasteiger partial charge in [0.1, 0.15) is 11.5 Å². The second-order valence-corrected chi connectivity index (χ2v) is 3.61. The molecular formula is C12H16O3. The van der Waals surface area contributed by atoms with Crippen molar-refractivity contribution in [3.05, 3.63) is 23.3 Å². The van der Waals surface area contributed by atoms with Crippen LogP contribution in [0.3, 0.4) is 0 Å². The van der Waals surface area contributed by atoms with Crippen molar-refractivity contribution in [3.63, 3.8) is 0 Å². The van der Waals surface area contributed by atoms with Gasteiger partial charge in [-0.25, -0.2) is 0 Å². The van der Waals surface area contributed by atoms with Gasteiger partial charge in [-0.3, -0.25) is 4.79 Å². The zero-order valence-electron chi connectivity index (χ0n) is 9.53. The molecule has 15 heavy (non-hydrogen) atoms. The zero-order valence-corrected chi connectivity index (χ0v) is 9.53. The Bertz CT molecular complexity index is 356. The normalized spacial score (nSPS) is 10.2. The average molecular weight is 208 g/mol. The molecule has 0 saturated carbocycles. The first kappa shape index (κ1) is 11.6. The molecule has 0 saturated heterocycles. The number of hydrogen-bond donors (Lipinski definition) is 0. The molecule has 1 aromatic rings. The van der Waals surface area contributed by atoms with Crippen LogP contribution in [0.2, 0.25) is 0 Å². The molecule has 3 heteroatoms. The van der Waals surface area contributed by atoms with Crippen molar-refractivity contribution < 1.29 is 14.3 Å². The maximum atomic E-state index is 11.0. The van der Waals surface area contributed by atoms with Crippen LogP contribution in [0.1, 0.15) is 35.7 Å². The molecule has 1 aromatic carbocycles. The highest BCUT2D eigenvalue weighted by molar-refractivity contribution is 5.82. The number of rotatable bonds is 4. The zero-order chi connectivity index (χ0) is 11.4. The van der Waals surface area contributed by atoms with Crippen LogP contribution in [0, 0.1) is 0 Å². The van der Waals surface area contributed by atoms with Gasteiger partial charge in [0.15, 0.2) is 6.29 Å². The Morgan fingerprint density at radius 1 is 1.20 bits per heavy atom. The summed E-state index contributed by atoms with van der Waals surface area (Å²) in [4.78, 5) is 11.0. The standard InChI is InChI=1S/C12H16O3/c1-8(2)10-5-9(14-3)6-12(15-4)11(10)7-13/h5-8H,1-4H3. The predicted molar refractivity (Wildman–Crippen MR) is 59.0 cm³/mol. The van der Waals surface area contributed by atoms with Crippen LogP contribution in [0.15, 0.2) is 12.1 Å². The topological polar surface area (TPSA) is 35.5 Å². The summed E-state index contributed by atoms with van der Waals surface area (Å²) < 4.78 is 10.3. The Labute approximate surface area is 90.0 Å². The predicted octanol–water partition coefficient (Wildman–Crippen LogP) is 2.64. The lowest BCUT2D eigenvalue weighted by Crippen LogP contribution is -2.00. The Balaban J connectivity index is 3.38. The van der Waals surface area contributed by atoms with Gasteiger partial charge >= 0.3 is 0 Å². The van der Waals surface area contributed by atoms with E-state index in [9.17, 15) is 4.79 Å². The number of methoxy groups -OCH3 is 2. The SMILES string of the molecule is COc1cc(OC)c(C=O)c(C(C)C)c1. The van der Waals surface area contributed by atoms with E-state index in [2.05, 4.69) is 0 Å². The second-order valence-electron chi connectivity index (χ2n) is 3.61. The maximum Gasteiger partial charge on any atom is 0.154 e. The second kappa shape index (κ2) is 4.82. The molecule has 0 heterocycles. The molecule has 0 unspecified atom stereocenters. The van der Waals surface area contributed by atoms with E-state index in [4.69, 9.17) is 9.47 Å². The number of ether oxygens (including phenoxy) is 2. The molecule has 0 amide bonds. The van der Waals surface area contributed by atoms with Crippen LogP contribution in [0.4, 0.5) is 0 Å². The van der Waals surface area contributed by atoms with E-state index < -0.39 is 0 Å². The van der Waals surface area contributed by atoms with Crippen molar-refractivity contribution in [1.82, 2.24) is 0 Å². The monoisotopic (exact) mass is 208 g/mol. The number of hydrogen-bond acceptors (Lipinski definition) is 3. The molecule has 0 bridgehead atoms. The summed E-state index contributed by atoms with van der Waals surface area (Å²) in [6.45, 7) is 4.06. The minimum Gasteiger partial charge on any atom is -0.497 e. The summed E-state index contributed by atoms with van der Waals surface area (Å²) in [5.74, 6) is 1.53. The molecule has 0 fully saturated rings. The first-order valence-corrected chi connectivity index (χ1v) is 4.85. The third-order valence-electron chi connectivity index (χ3n) is 2.34. The summed E-state index contributed by atoms with van der Waals surface area (Å²) in [7, 11) is 3.14. The van der Waals surface area contributed by atoms with Crippen LogP contribution in [-0.4, -0.2) is 20.5 Å². The fraction of sp³-hybridized carbons (Fsp3) is 0.417. The highest BCUT2D eigenvalue weighted by Crippen LogP contribution is 2.31. The van der Waals surface area contributed by atoms with E-state index in [1.54, 1.807) is 20.3 Å². The van der Waals surface area contributed by atoms with Crippen molar-refractivity contribution >= 4 is 6.29 Å². The van der Waals surface area contributed by atoms with Gasteiger partial charge in [-0.1, -0.05) is 13.8 Å². The van der Waals surface area contributed by atoms with E-state index in [-0.39, 0.29) is 5.92 Å². The van der Waals surface area contributed by atoms with Crippen LogP contribution in [0.5, 0.6) is 11.5 Å². The number of benzene rings is 1. The first-order chi connectivity index (χ1) is 7.13. The largest absolute Gasteiger partial charge is 0.497 e. The van der Waals surface area contributed by atoms with E-state index >= 15 is 0 Å². The molecule has 0 atom stereocenters. The third kappa shape index (κ3) is 2.29. The van der Waals surface area contributed by atoms with Gasteiger partial charge in [-0.05, 0) is 17.5 Å². The average Bonchev–Trinajstić information content (AvgIpc) is 2.26. The van der Waals surface area contributed by atoms with Crippen LogP contribution in [0.25, 0.3) is 0 Å². The van der Waals surface area contributed by atoms with Crippen LogP contribution >= 0.6 is 0 Å². The fourth-order valence-electron chi connectivity index (χ4n) is 1.51. The number of aldehydes is 1. The Morgan fingerprint density at radius 2 is 1.87 bits per heavy atom. The molecule has 0 aliphatic heterocycles. The van der Waals surface area contributed by atoms with Gasteiger partial charge in [0.2, 0.25) is 0 Å². The van der Waals surface area contributed by atoms with E-state index in [1.165, 1.54) is 0 Å². The Morgan fingerprint density at radius 3 is 2.27 bits per heavy atom. The molecule has 0 aliphatic rings. The first-order valence-electron chi connectivity index (χ1n) is 4.85. The molecule has 3 nitrogen and oxygen atoms in total. The summed E-state index contributed by atoms with van der Waals surface area (Å²) in [6, 6.07) is 3.59. The summed E-state index contributed by atoms with van der Waals surface area (Å²) >= 11 is 0. The lowest BCUT2D eigenvalue weighted by atomic mass is 9.97. The smallest absolute Gasteiger partial charge is 0.154 e. The summed E-state index contributed by atoms with van der Waals surface area (Å²) in [6.07, 6.45) is 0.827. The van der Waals surface area contributed by atoms with Crippen LogP contribution < -0.4 is 9.47 Å². The molecule has 0 spiro atoms. The molecule has 0 N–H and O–H groups in total. The lowest BCUT2D eigenvalue weighted by Gasteiger charge is -2.14. The van der Waals surface area contributed by atoms with Gasteiger partial charge in [-0.2, -0.15) is 0 Å². The minimum atomic E-state index is 0.259. The number of carbonyl (C=O) groups is 1. The van der Waals surface area contributed by atoms with Gasteiger partial charge in [0.25, 0.3) is 0 Å². The Hall–Kier alpha value is -1.51. The minimum absolute atomic E-state index is 0.259. The van der Waals surface area contributed by atoms with Gasteiger partial charge < -0.3 is 9.47 Å². The number of carbonyl (C=O) groups excluding carboxylic acids is 1. The van der Waals surface area contributed by atoms with Gasteiger partial charge in [-0.15, -0.1) is 0 Å². The summed E-state index contributed by atoms with van der Waals surface area (Å²) in [5.41, 5.74) is 1.55. The van der Waals surface area contributed by atoms with Crippen molar-refractivity contribution in [2.45, 2.75) is 19.8 Å². The molecule has 0 aromatic heterocycles. The van der Waals surface area contributed by atoms with Crippen molar-refractivity contribution in [1.29, 1.82) is 0 Å². The highest BCUT2D eigenvalue weighted by Gasteiger charge is 2.13.